The van der Waals surface area contributed by atoms with Gasteiger partial charge in [0.15, 0.2) is 0 Å². The van der Waals surface area contributed by atoms with Crippen molar-refractivity contribution in [1.82, 2.24) is 14.9 Å². The third-order valence-corrected chi connectivity index (χ3v) is 3.87. The smallest absolute Gasteiger partial charge is 0.407 e. The Labute approximate surface area is 135 Å². The first-order valence-electron chi connectivity index (χ1n) is 6.80. The molecule has 3 heterocycles. The number of hydrogen-bond acceptors (Lipinski definition) is 6. The van der Waals surface area contributed by atoms with Crippen LogP contribution in [0.2, 0.25) is 5.15 Å². The number of pyridine rings is 2. The van der Waals surface area contributed by atoms with Gasteiger partial charge in [0.1, 0.15) is 22.6 Å². The van der Waals surface area contributed by atoms with E-state index in [1.807, 2.05) is 0 Å². The van der Waals surface area contributed by atoms with E-state index in [1.54, 1.807) is 12.1 Å². The van der Waals surface area contributed by atoms with E-state index in [9.17, 15) is 14.9 Å². The first-order valence-corrected chi connectivity index (χ1v) is 7.17. The summed E-state index contributed by atoms with van der Waals surface area (Å²) in [4.78, 5) is 31.1. The van der Waals surface area contributed by atoms with E-state index in [2.05, 4.69) is 15.3 Å². The van der Waals surface area contributed by atoms with Gasteiger partial charge in [-0.2, -0.15) is 0 Å². The molecule has 0 aromatic carbocycles. The van der Waals surface area contributed by atoms with Crippen LogP contribution < -0.4 is 5.32 Å². The van der Waals surface area contributed by atoms with Crippen LogP contribution >= 0.6 is 11.6 Å². The molecule has 0 spiro atoms. The molecule has 1 aliphatic heterocycles. The molecule has 10 heteroatoms. The lowest BCUT2D eigenvalue weighted by atomic mass is 10.2. The largest absolute Gasteiger partial charge is 0.465 e. The fraction of sp³-hybridized carbons (Fsp3) is 0.308. The van der Waals surface area contributed by atoms with E-state index in [-0.39, 0.29) is 29.1 Å². The Balaban J connectivity index is 2.01. The molecular formula is C13H12ClN5O4. The number of amides is 1. The number of likely N-dealkylation sites (tertiary alicyclic amines) is 1. The molecule has 1 atom stereocenters. The average molecular weight is 338 g/mol. The highest BCUT2D eigenvalue weighted by Crippen LogP contribution is 2.32. The van der Waals surface area contributed by atoms with Crippen molar-refractivity contribution in [2.45, 2.75) is 12.5 Å². The minimum absolute atomic E-state index is 0.196. The Morgan fingerprint density at radius 2 is 2.30 bits per heavy atom. The summed E-state index contributed by atoms with van der Waals surface area (Å²) in [5, 5.41) is 23.5. The fourth-order valence-electron chi connectivity index (χ4n) is 2.57. The molecule has 1 saturated heterocycles. The van der Waals surface area contributed by atoms with Crippen LogP contribution in [0, 0.1) is 10.1 Å². The van der Waals surface area contributed by atoms with E-state index < -0.39 is 11.0 Å². The maximum Gasteiger partial charge on any atom is 0.407 e. The molecule has 9 nitrogen and oxygen atoms in total. The van der Waals surface area contributed by atoms with E-state index in [0.29, 0.717) is 24.0 Å². The van der Waals surface area contributed by atoms with E-state index >= 15 is 0 Å². The van der Waals surface area contributed by atoms with Gasteiger partial charge < -0.3 is 15.3 Å². The van der Waals surface area contributed by atoms with Crippen LogP contribution in [-0.2, 0) is 0 Å². The number of nitro groups is 1. The highest BCUT2D eigenvalue weighted by Gasteiger charge is 2.29. The molecule has 1 fully saturated rings. The summed E-state index contributed by atoms with van der Waals surface area (Å²) in [5.74, 6) is 0. The van der Waals surface area contributed by atoms with Gasteiger partial charge in [-0.1, -0.05) is 11.6 Å². The third-order valence-electron chi connectivity index (χ3n) is 3.66. The minimum atomic E-state index is -1.01. The number of fused-ring (bicyclic) bond motifs is 1. The summed E-state index contributed by atoms with van der Waals surface area (Å²) >= 11 is 5.88. The summed E-state index contributed by atoms with van der Waals surface area (Å²) in [6, 6.07) is 2.93. The number of nitrogens with one attached hydrogen (secondary N) is 1. The second-order valence-corrected chi connectivity index (χ2v) is 5.52. The molecule has 1 amide bonds. The molecule has 0 bridgehead atoms. The van der Waals surface area contributed by atoms with Crippen LogP contribution in [0.3, 0.4) is 0 Å². The normalized spacial score (nSPS) is 17.4. The van der Waals surface area contributed by atoms with Gasteiger partial charge in [-0.3, -0.25) is 10.1 Å². The number of carbonyl (C=O) groups is 1. The Kier molecular flexibility index (Phi) is 3.87. The maximum atomic E-state index is 11.3. The van der Waals surface area contributed by atoms with Gasteiger partial charge >= 0.3 is 11.8 Å². The molecule has 0 radical (unpaired) electrons. The zero-order chi connectivity index (χ0) is 16.6. The summed E-state index contributed by atoms with van der Waals surface area (Å²) in [7, 11) is 0. The van der Waals surface area contributed by atoms with Crippen LogP contribution in [0.5, 0.6) is 0 Å². The first-order chi connectivity index (χ1) is 11.0. The minimum Gasteiger partial charge on any atom is -0.465 e. The van der Waals surface area contributed by atoms with Crippen molar-refractivity contribution in [3.63, 3.8) is 0 Å². The molecule has 1 aliphatic rings. The number of carboxylic acid groups (broad SMARTS) is 1. The standard InChI is InChI=1S/C13H12ClN5O4/c14-10-2-1-8-11(17-10)12(9(5-15-8)19(22)23)16-7-3-4-18(6-7)13(20)21/h1-2,5,7H,3-4,6H2,(H,15,16)(H,20,21)/t7-/m0/s1. The molecule has 23 heavy (non-hydrogen) atoms. The Bertz CT molecular complexity index is 799. The zero-order valence-electron chi connectivity index (χ0n) is 11.8. The predicted molar refractivity (Wildman–Crippen MR) is 82.8 cm³/mol. The Morgan fingerprint density at radius 1 is 1.52 bits per heavy atom. The Hall–Kier alpha value is -2.68. The SMILES string of the molecule is O=C(O)N1CC[C@H](Nc2c([N+](=O)[O-])cnc3ccc(Cl)nc23)C1. The van der Waals surface area contributed by atoms with E-state index in [4.69, 9.17) is 16.7 Å². The van der Waals surface area contributed by atoms with Crippen molar-refractivity contribution < 1.29 is 14.8 Å². The molecule has 0 saturated carbocycles. The second-order valence-electron chi connectivity index (χ2n) is 5.14. The average Bonchev–Trinajstić information content (AvgIpc) is 2.96. The Morgan fingerprint density at radius 3 is 2.96 bits per heavy atom. The van der Waals surface area contributed by atoms with Crippen LogP contribution in [0.15, 0.2) is 18.3 Å². The number of halogens is 1. The van der Waals surface area contributed by atoms with Crippen molar-refractivity contribution >= 4 is 40.1 Å². The van der Waals surface area contributed by atoms with Crippen molar-refractivity contribution in [1.29, 1.82) is 0 Å². The third kappa shape index (κ3) is 2.95. The molecule has 120 valence electrons. The predicted octanol–water partition coefficient (Wildman–Crippen LogP) is 2.36. The van der Waals surface area contributed by atoms with E-state index in [1.165, 1.54) is 4.90 Å². The molecule has 2 aromatic rings. The number of hydrogen-bond donors (Lipinski definition) is 2. The van der Waals surface area contributed by atoms with Crippen molar-refractivity contribution in [2.24, 2.45) is 0 Å². The van der Waals surface area contributed by atoms with Crippen LogP contribution in [0.25, 0.3) is 11.0 Å². The van der Waals surface area contributed by atoms with Crippen molar-refractivity contribution in [2.75, 3.05) is 18.4 Å². The molecule has 3 rings (SSSR count). The number of nitrogens with zero attached hydrogens (tertiary/aromatic N) is 4. The molecule has 2 N–H and O–H groups in total. The second kappa shape index (κ2) is 5.84. The first kappa shape index (κ1) is 15.2. The summed E-state index contributed by atoms with van der Waals surface area (Å²) in [5.41, 5.74) is 0.747. The number of rotatable bonds is 3. The van der Waals surface area contributed by atoms with Gasteiger partial charge in [0, 0.05) is 19.1 Å². The summed E-state index contributed by atoms with van der Waals surface area (Å²) in [6.07, 6.45) is 0.697. The van der Waals surface area contributed by atoms with Crippen LogP contribution in [0.1, 0.15) is 6.42 Å². The lowest BCUT2D eigenvalue weighted by Gasteiger charge is -2.16. The van der Waals surface area contributed by atoms with Gasteiger partial charge in [-0.15, -0.1) is 0 Å². The number of anilines is 1. The highest BCUT2D eigenvalue weighted by molar-refractivity contribution is 6.29. The fourth-order valence-corrected chi connectivity index (χ4v) is 2.72. The monoisotopic (exact) mass is 337 g/mol. The van der Waals surface area contributed by atoms with Gasteiger partial charge in [-0.25, -0.2) is 14.8 Å². The zero-order valence-corrected chi connectivity index (χ0v) is 12.5. The molecule has 0 unspecified atom stereocenters. The summed E-state index contributed by atoms with van der Waals surface area (Å²) < 4.78 is 0. The van der Waals surface area contributed by atoms with Gasteiger partial charge in [0.25, 0.3) is 0 Å². The van der Waals surface area contributed by atoms with Crippen LogP contribution in [-0.4, -0.2) is 50.1 Å². The van der Waals surface area contributed by atoms with Gasteiger partial charge in [0.2, 0.25) is 0 Å². The summed E-state index contributed by atoms with van der Waals surface area (Å²) in [6.45, 7) is 0.620. The molecule has 2 aromatic heterocycles. The highest BCUT2D eigenvalue weighted by atomic mass is 35.5. The molecule has 0 aliphatic carbocycles. The van der Waals surface area contributed by atoms with Crippen molar-refractivity contribution in [3.05, 3.63) is 33.6 Å². The van der Waals surface area contributed by atoms with E-state index in [0.717, 1.165) is 6.20 Å². The lowest BCUT2D eigenvalue weighted by Crippen LogP contribution is -2.30. The topological polar surface area (TPSA) is 121 Å². The number of aromatic nitrogens is 2. The van der Waals surface area contributed by atoms with Crippen molar-refractivity contribution in [3.8, 4) is 0 Å². The lowest BCUT2D eigenvalue weighted by molar-refractivity contribution is -0.384. The van der Waals surface area contributed by atoms with Gasteiger partial charge in [0.05, 0.1) is 10.4 Å². The van der Waals surface area contributed by atoms with Gasteiger partial charge in [-0.05, 0) is 18.6 Å². The van der Waals surface area contributed by atoms with Crippen LogP contribution in [0.4, 0.5) is 16.2 Å². The molecular weight excluding hydrogens is 326 g/mol. The maximum absolute atomic E-state index is 11.3. The quantitative estimate of drug-likeness (QED) is 0.500.